The monoisotopic (exact) mass is 331 g/mol. The number of hydrogen-bond donors (Lipinski definition) is 0. The molecule has 0 aliphatic heterocycles. The SMILES string of the molecule is COC(=O)C(C)(C=O)N(C(=O)OC(C)(C)C)C(=O)OC(C)(C)C. The zero-order valence-electron chi connectivity index (χ0n) is 14.9. The number of hydrogen-bond acceptors (Lipinski definition) is 7. The number of ether oxygens (including phenoxy) is 3. The van der Waals surface area contributed by atoms with Crippen LogP contribution in [0.25, 0.3) is 0 Å². The Morgan fingerprint density at radius 2 is 1.17 bits per heavy atom. The predicted molar refractivity (Wildman–Crippen MR) is 80.8 cm³/mol. The first-order valence-corrected chi connectivity index (χ1v) is 6.99. The summed E-state index contributed by atoms with van der Waals surface area (Å²) >= 11 is 0. The molecular formula is C15H25NO7. The first-order chi connectivity index (χ1) is 10.2. The molecule has 0 fully saturated rings. The van der Waals surface area contributed by atoms with E-state index in [4.69, 9.17) is 9.47 Å². The highest BCUT2D eigenvalue weighted by molar-refractivity contribution is 6.06. The number of esters is 1. The number of methoxy groups -OCH3 is 1. The van der Waals surface area contributed by atoms with Crippen LogP contribution in [0.2, 0.25) is 0 Å². The van der Waals surface area contributed by atoms with Gasteiger partial charge in [-0.1, -0.05) is 0 Å². The number of amides is 2. The first kappa shape index (κ1) is 20.9. The maximum absolute atomic E-state index is 12.3. The van der Waals surface area contributed by atoms with E-state index >= 15 is 0 Å². The van der Waals surface area contributed by atoms with Crippen molar-refractivity contribution in [3.05, 3.63) is 0 Å². The summed E-state index contributed by atoms with van der Waals surface area (Å²) in [5.41, 5.74) is -4.10. The van der Waals surface area contributed by atoms with Gasteiger partial charge >= 0.3 is 18.2 Å². The van der Waals surface area contributed by atoms with E-state index in [0.29, 0.717) is 4.90 Å². The molecule has 0 N–H and O–H groups in total. The molecular weight excluding hydrogens is 306 g/mol. The lowest BCUT2D eigenvalue weighted by Crippen LogP contribution is -2.60. The van der Waals surface area contributed by atoms with Crippen LogP contribution in [-0.4, -0.2) is 53.2 Å². The van der Waals surface area contributed by atoms with Gasteiger partial charge in [0.1, 0.15) is 11.2 Å². The average Bonchev–Trinajstić information content (AvgIpc) is 2.32. The molecule has 8 heteroatoms. The van der Waals surface area contributed by atoms with Gasteiger partial charge in [0.25, 0.3) is 0 Å². The van der Waals surface area contributed by atoms with Crippen molar-refractivity contribution in [2.75, 3.05) is 7.11 Å². The van der Waals surface area contributed by atoms with Gasteiger partial charge in [-0.15, -0.1) is 0 Å². The molecule has 0 spiro atoms. The molecule has 0 aromatic rings. The third kappa shape index (κ3) is 5.88. The molecule has 23 heavy (non-hydrogen) atoms. The fraction of sp³-hybridized carbons (Fsp3) is 0.733. The van der Waals surface area contributed by atoms with E-state index in [0.717, 1.165) is 14.0 Å². The first-order valence-electron chi connectivity index (χ1n) is 6.99. The number of nitrogens with zero attached hydrogens (tertiary/aromatic N) is 1. The van der Waals surface area contributed by atoms with Gasteiger partial charge in [-0.05, 0) is 48.5 Å². The fourth-order valence-corrected chi connectivity index (χ4v) is 1.47. The summed E-state index contributed by atoms with van der Waals surface area (Å²) in [4.78, 5) is 48.4. The van der Waals surface area contributed by atoms with E-state index in [-0.39, 0.29) is 6.29 Å². The van der Waals surface area contributed by atoms with Crippen molar-refractivity contribution >= 4 is 24.4 Å². The van der Waals surface area contributed by atoms with Crippen LogP contribution in [0.4, 0.5) is 9.59 Å². The van der Waals surface area contributed by atoms with Crippen molar-refractivity contribution in [1.82, 2.24) is 4.90 Å². The van der Waals surface area contributed by atoms with Crippen molar-refractivity contribution in [2.24, 2.45) is 0 Å². The quantitative estimate of drug-likeness (QED) is 0.338. The van der Waals surface area contributed by atoms with Gasteiger partial charge in [0.2, 0.25) is 5.54 Å². The van der Waals surface area contributed by atoms with E-state index < -0.39 is 34.9 Å². The van der Waals surface area contributed by atoms with E-state index in [9.17, 15) is 19.2 Å². The topological polar surface area (TPSA) is 99.2 Å². The largest absolute Gasteiger partial charge is 0.467 e. The smallest absolute Gasteiger partial charge is 0.421 e. The third-order valence-corrected chi connectivity index (χ3v) is 2.44. The van der Waals surface area contributed by atoms with Crippen LogP contribution in [0.15, 0.2) is 0 Å². The lowest BCUT2D eigenvalue weighted by atomic mass is 10.0. The Hall–Kier alpha value is -2.12. The van der Waals surface area contributed by atoms with Crippen molar-refractivity contribution < 1.29 is 33.4 Å². The standard InChI is InChI=1S/C15H25NO7/c1-13(2,3)22-11(19)16(12(20)23-14(4,5)6)15(7,9-17)10(18)21-8/h9H,1-8H3. The number of rotatable bonds is 3. The predicted octanol–water partition coefficient (Wildman–Crippen LogP) is 2.29. The Kier molecular flexibility index (Phi) is 6.33. The summed E-state index contributed by atoms with van der Waals surface area (Å²) in [6, 6.07) is 0. The summed E-state index contributed by atoms with van der Waals surface area (Å²) in [5, 5.41) is 0. The minimum atomic E-state index is -2.21. The summed E-state index contributed by atoms with van der Waals surface area (Å²) in [6.07, 6.45) is -2.24. The highest BCUT2D eigenvalue weighted by Crippen LogP contribution is 2.22. The molecule has 0 aliphatic carbocycles. The summed E-state index contributed by atoms with van der Waals surface area (Å²) in [5.74, 6) is -1.09. The molecule has 0 rings (SSSR count). The normalized spacial score (nSPS) is 14.3. The number of aldehydes is 1. The minimum Gasteiger partial charge on any atom is -0.467 e. The Balaban J connectivity index is 5.89. The van der Waals surface area contributed by atoms with Gasteiger partial charge in [-0.2, -0.15) is 4.90 Å². The molecule has 132 valence electrons. The highest BCUT2D eigenvalue weighted by atomic mass is 16.6. The van der Waals surface area contributed by atoms with Crippen LogP contribution in [-0.2, 0) is 23.8 Å². The van der Waals surface area contributed by atoms with Gasteiger partial charge in [-0.25, -0.2) is 14.4 Å². The van der Waals surface area contributed by atoms with Gasteiger partial charge in [-0.3, -0.25) is 0 Å². The van der Waals surface area contributed by atoms with Gasteiger partial charge < -0.3 is 19.0 Å². The van der Waals surface area contributed by atoms with Crippen molar-refractivity contribution in [3.8, 4) is 0 Å². The fourth-order valence-electron chi connectivity index (χ4n) is 1.47. The number of imide groups is 1. The van der Waals surface area contributed by atoms with Crippen LogP contribution in [0.3, 0.4) is 0 Å². The molecule has 0 saturated carbocycles. The molecule has 1 atom stereocenters. The maximum atomic E-state index is 12.3. The van der Waals surface area contributed by atoms with Gasteiger partial charge in [0.15, 0.2) is 6.29 Å². The van der Waals surface area contributed by atoms with Gasteiger partial charge in [0.05, 0.1) is 7.11 Å². The molecule has 0 bridgehead atoms. The average molecular weight is 331 g/mol. The Bertz CT molecular complexity index is 459. The lowest BCUT2D eigenvalue weighted by molar-refractivity contribution is -0.155. The zero-order chi connectivity index (χ0) is 18.6. The summed E-state index contributed by atoms with van der Waals surface area (Å²) < 4.78 is 14.7. The summed E-state index contributed by atoms with van der Waals surface area (Å²) in [6.45, 7) is 10.5. The second kappa shape index (κ2) is 6.97. The summed E-state index contributed by atoms with van der Waals surface area (Å²) in [7, 11) is 1.03. The van der Waals surface area contributed by atoms with Crippen molar-refractivity contribution in [3.63, 3.8) is 0 Å². The molecule has 0 heterocycles. The Morgan fingerprint density at radius 3 is 1.39 bits per heavy atom. The second-order valence-electron chi connectivity index (χ2n) is 7.05. The van der Waals surface area contributed by atoms with Crippen LogP contribution in [0.1, 0.15) is 48.5 Å². The molecule has 0 aromatic carbocycles. The minimum absolute atomic E-state index is 0.132. The number of carbonyl (C=O) groups is 4. The Labute approximate surface area is 136 Å². The second-order valence-corrected chi connectivity index (χ2v) is 7.05. The van der Waals surface area contributed by atoms with E-state index in [1.807, 2.05) is 0 Å². The van der Waals surface area contributed by atoms with Crippen LogP contribution in [0.5, 0.6) is 0 Å². The molecule has 8 nitrogen and oxygen atoms in total. The third-order valence-electron chi connectivity index (χ3n) is 2.44. The molecule has 2 amide bonds. The molecule has 0 saturated heterocycles. The van der Waals surface area contributed by atoms with E-state index in [1.165, 1.54) is 0 Å². The van der Waals surface area contributed by atoms with Crippen LogP contribution < -0.4 is 0 Å². The molecule has 0 aliphatic rings. The zero-order valence-corrected chi connectivity index (χ0v) is 14.9. The van der Waals surface area contributed by atoms with Crippen molar-refractivity contribution in [1.29, 1.82) is 0 Å². The van der Waals surface area contributed by atoms with Crippen LogP contribution >= 0.6 is 0 Å². The number of carbonyl (C=O) groups excluding carboxylic acids is 4. The van der Waals surface area contributed by atoms with E-state index in [2.05, 4.69) is 4.74 Å². The Morgan fingerprint density at radius 1 is 0.826 bits per heavy atom. The molecule has 0 aromatic heterocycles. The van der Waals surface area contributed by atoms with Gasteiger partial charge in [0, 0.05) is 0 Å². The lowest BCUT2D eigenvalue weighted by Gasteiger charge is -2.35. The van der Waals surface area contributed by atoms with Crippen molar-refractivity contribution in [2.45, 2.75) is 65.2 Å². The highest BCUT2D eigenvalue weighted by Gasteiger charge is 2.50. The van der Waals surface area contributed by atoms with E-state index in [1.54, 1.807) is 41.5 Å². The molecule has 0 radical (unpaired) electrons. The molecule has 1 unspecified atom stereocenters. The van der Waals surface area contributed by atoms with Crippen LogP contribution in [0, 0.1) is 0 Å². The maximum Gasteiger partial charge on any atom is 0.421 e.